The van der Waals surface area contributed by atoms with Crippen molar-refractivity contribution in [3.05, 3.63) is 20.9 Å². The minimum absolute atomic E-state index is 0.130. The molecule has 86 valence electrons. The highest BCUT2D eigenvalue weighted by Gasteiger charge is 2.33. The van der Waals surface area contributed by atoms with Gasteiger partial charge in [-0.2, -0.15) is 0 Å². The second-order valence-electron chi connectivity index (χ2n) is 4.73. The first-order chi connectivity index (χ1) is 7.81. The van der Waals surface area contributed by atoms with Gasteiger partial charge >= 0.3 is 5.97 Å². The van der Waals surface area contributed by atoms with Gasteiger partial charge in [0.2, 0.25) is 0 Å². The molecule has 0 amide bonds. The number of esters is 1. The lowest BCUT2D eigenvalue weighted by Gasteiger charge is -2.13. The zero-order chi connectivity index (χ0) is 11.1. The molecule has 0 unspecified atom stereocenters. The molecule has 0 atom stereocenters. The molecule has 2 aliphatic carbocycles. The predicted molar refractivity (Wildman–Crippen MR) is 64.3 cm³/mol. The maximum absolute atomic E-state index is 11.7. The molecule has 0 N–H and O–H groups in total. The Morgan fingerprint density at radius 2 is 1.94 bits per heavy atom. The van der Waals surface area contributed by atoms with E-state index in [1.807, 2.05) is 0 Å². The van der Waals surface area contributed by atoms with Crippen LogP contribution in [-0.4, -0.2) is 13.1 Å². The van der Waals surface area contributed by atoms with Gasteiger partial charge in [-0.1, -0.05) is 0 Å². The van der Waals surface area contributed by atoms with E-state index < -0.39 is 0 Å². The van der Waals surface area contributed by atoms with Crippen molar-refractivity contribution < 1.29 is 9.53 Å². The summed E-state index contributed by atoms with van der Waals surface area (Å²) < 4.78 is 4.89. The maximum atomic E-state index is 11.7. The third-order valence-corrected chi connectivity index (χ3v) is 4.99. The second-order valence-corrected chi connectivity index (χ2v) is 5.78. The molecule has 0 saturated heterocycles. The quantitative estimate of drug-likeness (QED) is 0.736. The molecule has 1 heterocycles. The fourth-order valence-corrected chi connectivity index (χ4v) is 4.08. The lowest BCUT2D eigenvalue weighted by atomic mass is 9.91. The third-order valence-electron chi connectivity index (χ3n) is 3.57. The van der Waals surface area contributed by atoms with Crippen molar-refractivity contribution in [2.75, 3.05) is 7.11 Å². The fourth-order valence-electron chi connectivity index (χ4n) is 2.59. The van der Waals surface area contributed by atoms with Gasteiger partial charge in [-0.25, -0.2) is 4.79 Å². The van der Waals surface area contributed by atoms with Gasteiger partial charge in [0.1, 0.15) is 4.88 Å². The van der Waals surface area contributed by atoms with E-state index in [0.717, 1.165) is 17.2 Å². The highest BCUT2D eigenvalue weighted by molar-refractivity contribution is 7.14. The summed E-state index contributed by atoms with van der Waals surface area (Å²) in [6.07, 6.45) is 7.38. The van der Waals surface area contributed by atoms with Crippen LogP contribution >= 0.6 is 11.3 Å². The summed E-state index contributed by atoms with van der Waals surface area (Å²) in [4.78, 5) is 14.1. The monoisotopic (exact) mass is 236 g/mol. The SMILES string of the molecule is COC(=O)c1sc(C2CC2)c2c1CCCC2. The normalized spacial score (nSPS) is 19.3. The molecule has 3 rings (SSSR count). The van der Waals surface area contributed by atoms with E-state index in [1.165, 1.54) is 55.2 Å². The van der Waals surface area contributed by atoms with Crippen LogP contribution in [0.5, 0.6) is 0 Å². The Labute approximate surface area is 99.6 Å². The van der Waals surface area contributed by atoms with Crippen LogP contribution in [0.1, 0.15) is 57.3 Å². The summed E-state index contributed by atoms with van der Waals surface area (Å²) in [5, 5.41) is 0. The van der Waals surface area contributed by atoms with Gasteiger partial charge in [-0.3, -0.25) is 0 Å². The van der Waals surface area contributed by atoms with Crippen molar-refractivity contribution in [3.63, 3.8) is 0 Å². The minimum Gasteiger partial charge on any atom is -0.465 e. The highest BCUT2D eigenvalue weighted by atomic mass is 32.1. The van der Waals surface area contributed by atoms with Gasteiger partial charge in [-0.15, -0.1) is 11.3 Å². The average molecular weight is 236 g/mol. The number of rotatable bonds is 2. The van der Waals surface area contributed by atoms with Crippen molar-refractivity contribution in [3.8, 4) is 0 Å². The molecule has 1 fully saturated rings. The second kappa shape index (κ2) is 3.88. The minimum atomic E-state index is -0.130. The topological polar surface area (TPSA) is 26.3 Å². The number of methoxy groups -OCH3 is 1. The standard InChI is InChI=1S/C13H16O2S/c1-15-13(14)12-10-5-3-2-4-9(10)11(16-12)8-6-7-8/h8H,2-7H2,1H3. The summed E-state index contributed by atoms with van der Waals surface area (Å²) >= 11 is 1.70. The van der Waals surface area contributed by atoms with E-state index >= 15 is 0 Å². The van der Waals surface area contributed by atoms with Crippen molar-refractivity contribution >= 4 is 17.3 Å². The largest absolute Gasteiger partial charge is 0.465 e. The van der Waals surface area contributed by atoms with Crippen LogP contribution in [0.4, 0.5) is 0 Å². The zero-order valence-corrected chi connectivity index (χ0v) is 10.4. The molecule has 3 heteroatoms. The first kappa shape index (κ1) is 10.3. The Morgan fingerprint density at radius 3 is 2.56 bits per heavy atom. The Hall–Kier alpha value is -0.830. The average Bonchev–Trinajstić information content (AvgIpc) is 3.09. The van der Waals surface area contributed by atoms with E-state index in [9.17, 15) is 4.79 Å². The number of carbonyl (C=O) groups is 1. The molecule has 16 heavy (non-hydrogen) atoms. The molecule has 1 aromatic heterocycles. The summed E-state index contributed by atoms with van der Waals surface area (Å²) in [6.45, 7) is 0. The maximum Gasteiger partial charge on any atom is 0.348 e. The third kappa shape index (κ3) is 1.58. The summed E-state index contributed by atoms with van der Waals surface area (Å²) in [7, 11) is 1.48. The zero-order valence-electron chi connectivity index (χ0n) is 9.54. The lowest BCUT2D eigenvalue weighted by Crippen LogP contribution is -2.07. The number of hydrogen-bond acceptors (Lipinski definition) is 3. The Morgan fingerprint density at radius 1 is 1.25 bits per heavy atom. The van der Waals surface area contributed by atoms with Gasteiger partial charge in [0.15, 0.2) is 0 Å². The number of ether oxygens (including phenoxy) is 1. The Balaban J connectivity index is 2.07. The van der Waals surface area contributed by atoms with Crippen molar-refractivity contribution in [2.24, 2.45) is 0 Å². The molecule has 0 aliphatic heterocycles. The molecule has 1 aromatic rings. The molecule has 0 spiro atoms. The van der Waals surface area contributed by atoms with Gasteiger partial charge in [0.05, 0.1) is 7.11 Å². The summed E-state index contributed by atoms with van der Waals surface area (Å²) in [5.74, 6) is 0.630. The first-order valence-corrected chi connectivity index (χ1v) is 6.85. The van der Waals surface area contributed by atoms with Crippen LogP contribution in [0.2, 0.25) is 0 Å². The highest BCUT2D eigenvalue weighted by Crippen LogP contribution is 2.48. The van der Waals surface area contributed by atoms with Crippen LogP contribution in [0.15, 0.2) is 0 Å². The van der Waals surface area contributed by atoms with Gasteiger partial charge < -0.3 is 4.74 Å². The van der Waals surface area contributed by atoms with Crippen molar-refractivity contribution in [2.45, 2.75) is 44.4 Å². The van der Waals surface area contributed by atoms with Crippen LogP contribution < -0.4 is 0 Å². The number of carbonyl (C=O) groups excluding carboxylic acids is 1. The van der Waals surface area contributed by atoms with Crippen LogP contribution in [-0.2, 0) is 17.6 Å². The van der Waals surface area contributed by atoms with Crippen LogP contribution in [0.3, 0.4) is 0 Å². The fraction of sp³-hybridized carbons (Fsp3) is 0.615. The predicted octanol–water partition coefficient (Wildman–Crippen LogP) is 3.29. The molecular formula is C13H16O2S. The Kier molecular flexibility index (Phi) is 2.51. The molecule has 0 aromatic carbocycles. The lowest BCUT2D eigenvalue weighted by molar-refractivity contribution is 0.0605. The van der Waals surface area contributed by atoms with Crippen LogP contribution in [0, 0.1) is 0 Å². The van der Waals surface area contributed by atoms with E-state index in [4.69, 9.17) is 4.74 Å². The Bertz CT molecular complexity index is 429. The molecule has 1 saturated carbocycles. The number of fused-ring (bicyclic) bond motifs is 1. The van der Waals surface area contributed by atoms with E-state index in [-0.39, 0.29) is 5.97 Å². The van der Waals surface area contributed by atoms with E-state index in [2.05, 4.69) is 0 Å². The van der Waals surface area contributed by atoms with Crippen molar-refractivity contribution in [1.29, 1.82) is 0 Å². The smallest absolute Gasteiger partial charge is 0.348 e. The summed E-state index contributed by atoms with van der Waals surface area (Å²) in [5.41, 5.74) is 2.81. The number of hydrogen-bond donors (Lipinski definition) is 0. The van der Waals surface area contributed by atoms with Gasteiger partial charge in [0, 0.05) is 4.88 Å². The van der Waals surface area contributed by atoms with Crippen molar-refractivity contribution in [1.82, 2.24) is 0 Å². The molecular weight excluding hydrogens is 220 g/mol. The van der Waals surface area contributed by atoms with Gasteiger partial charge in [-0.05, 0) is 55.6 Å². The van der Waals surface area contributed by atoms with E-state index in [0.29, 0.717) is 0 Å². The first-order valence-electron chi connectivity index (χ1n) is 6.04. The molecule has 0 bridgehead atoms. The van der Waals surface area contributed by atoms with Gasteiger partial charge in [0.25, 0.3) is 0 Å². The molecule has 2 aliphatic rings. The number of thiophene rings is 1. The van der Waals surface area contributed by atoms with Crippen LogP contribution in [0.25, 0.3) is 0 Å². The molecule has 2 nitrogen and oxygen atoms in total. The molecule has 0 radical (unpaired) electrons. The summed E-state index contributed by atoms with van der Waals surface area (Å²) in [6, 6.07) is 0. The van der Waals surface area contributed by atoms with E-state index in [1.54, 1.807) is 11.3 Å².